The van der Waals surface area contributed by atoms with Crippen molar-refractivity contribution in [2.24, 2.45) is 0 Å². The van der Waals surface area contributed by atoms with Crippen LogP contribution in [0.15, 0.2) is 0 Å². The van der Waals surface area contributed by atoms with E-state index in [0.29, 0.717) is 11.1 Å². The Kier molecular flexibility index (Phi) is 4.20. The first-order valence-corrected chi connectivity index (χ1v) is 4.14. The molecule has 4 heteroatoms. The van der Waals surface area contributed by atoms with Gasteiger partial charge in [0.1, 0.15) is 0 Å². The van der Waals surface area contributed by atoms with Crippen molar-refractivity contribution >= 4 is 5.97 Å². The highest BCUT2D eigenvalue weighted by Crippen LogP contribution is 2.01. The molecule has 0 atom stereocenters. The fourth-order valence-corrected chi connectivity index (χ4v) is 0.765. The maximum absolute atomic E-state index is 10.2. The van der Waals surface area contributed by atoms with Crippen molar-refractivity contribution in [3.05, 3.63) is 0 Å². The first-order valence-electron chi connectivity index (χ1n) is 4.14. The van der Waals surface area contributed by atoms with Gasteiger partial charge in [-0.2, -0.15) is 5.01 Å². The first-order chi connectivity index (χ1) is 5.40. The van der Waals surface area contributed by atoms with Crippen molar-refractivity contribution in [3.8, 4) is 0 Å². The van der Waals surface area contributed by atoms with Crippen molar-refractivity contribution in [2.45, 2.75) is 13.3 Å². The summed E-state index contributed by atoms with van der Waals surface area (Å²) in [6.07, 6.45) is 0.0954. The minimum atomic E-state index is -0.988. The van der Waals surface area contributed by atoms with Crippen molar-refractivity contribution in [1.29, 1.82) is 0 Å². The van der Waals surface area contributed by atoms with Gasteiger partial charge in [-0.15, -0.1) is 0 Å². The van der Waals surface area contributed by atoms with Gasteiger partial charge in [-0.1, -0.05) is 0 Å². The zero-order valence-corrected chi connectivity index (χ0v) is 8.33. The van der Waals surface area contributed by atoms with Crippen LogP contribution in [-0.4, -0.2) is 49.8 Å². The van der Waals surface area contributed by atoms with E-state index in [-0.39, 0.29) is 6.42 Å². The van der Waals surface area contributed by atoms with Gasteiger partial charge >= 0.3 is 0 Å². The summed E-state index contributed by atoms with van der Waals surface area (Å²) in [5, 5.41) is 12.2. The molecule has 0 N–H and O–H groups in total. The van der Waals surface area contributed by atoms with Gasteiger partial charge in [0.15, 0.2) is 0 Å². The van der Waals surface area contributed by atoms with E-state index in [0.717, 1.165) is 6.54 Å². The van der Waals surface area contributed by atoms with Gasteiger partial charge in [-0.05, 0) is 6.92 Å². The number of carbonyl (C=O) groups excluding carboxylic acids is 1. The Hall–Kier alpha value is -0.610. The van der Waals surface area contributed by atoms with Gasteiger partial charge < -0.3 is 9.90 Å². The first kappa shape index (κ1) is 11.4. The molecular weight excluding hydrogens is 156 g/mol. The minimum absolute atomic E-state index is 0.0954. The molecule has 4 nitrogen and oxygen atoms in total. The Morgan fingerprint density at radius 3 is 2.33 bits per heavy atom. The molecule has 0 aliphatic carbocycles. The number of rotatable bonds is 5. The van der Waals surface area contributed by atoms with Crippen molar-refractivity contribution in [1.82, 2.24) is 5.01 Å². The Bertz CT molecular complexity index is 157. The molecule has 0 aliphatic heterocycles. The zero-order valence-electron chi connectivity index (χ0n) is 8.33. The molecule has 0 unspecified atom stereocenters. The maximum Gasteiger partial charge on any atom is 0.0931 e. The monoisotopic (exact) mass is 174 g/mol. The highest BCUT2D eigenvalue weighted by molar-refractivity contribution is 5.64. The zero-order chi connectivity index (χ0) is 9.78. The summed E-state index contributed by atoms with van der Waals surface area (Å²) >= 11 is 0. The topological polar surface area (TPSA) is 43.4 Å². The second-order valence-corrected chi connectivity index (χ2v) is 3.44. The van der Waals surface area contributed by atoms with E-state index < -0.39 is 5.97 Å². The molecule has 0 spiro atoms. The summed E-state index contributed by atoms with van der Waals surface area (Å²) in [5.74, 6) is -0.988. The van der Waals surface area contributed by atoms with E-state index in [2.05, 4.69) is 6.92 Å². The standard InChI is InChI=1S/C8H18N2O2/c1-5-10(3,4)9(2)7-6-8(11)12/h5-7H2,1-4H3. The Morgan fingerprint density at radius 1 is 1.50 bits per heavy atom. The van der Waals surface area contributed by atoms with E-state index in [1.54, 1.807) is 0 Å². The van der Waals surface area contributed by atoms with E-state index in [9.17, 15) is 9.90 Å². The van der Waals surface area contributed by atoms with E-state index in [1.807, 2.05) is 26.2 Å². The third kappa shape index (κ3) is 3.69. The molecule has 0 fully saturated rings. The van der Waals surface area contributed by atoms with Gasteiger partial charge in [0, 0.05) is 19.4 Å². The summed E-state index contributed by atoms with van der Waals surface area (Å²) < 4.78 is 0.702. The molecule has 0 aromatic heterocycles. The number of aliphatic carboxylic acids is 1. The van der Waals surface area contributed by atoms with E-state index >= 15 is 0 Å². The minimum Gasteiger partial charge on any atom is -0.550 e. The van der Waals surface area contributed by atoms with Crippen molar-refractivity contribution < 1.29 is 14.5 Å². The molecule has 0 radical (unpaired) electrons. The predicted octanol–water partition coefficient (Wildman–Crippen LogP) is -0.930. The predicted molar refractivity (Wildman–Crippen MR) is 44.9 cm³/mol. The van der Waals surface area contributed by atoms with Crippen LogP contribution in [0.25, 0.3) is 0 Å². The average molecular weight is 174 g/mol. The third-order valence-corrected chi connectivity index (χ3v) is 2.34. The number of carboxylic acid groups (broad SMARTS) is 1. The molecule has 0 amide bonds. The molecule has 12 heavy (non-hydrogen) atoms. The largest absolute Gasteiger partial charge is 0.550 e. The quantitative estimate of drug-likeness (QED) is 0.399. The molecule has 0 rings (SSSR count). The molecular formula is C8H18N2O2. The molecule has 0 aromatic carbocycles. The third-order valence-electron chi connectivity index (χ3n) is 2.34. The SMILES string of the molecule is CC[N+](C)(C)N(C)CCC(=O)[O-]. The number of carbonyl (C=O) groups is 1. The highest BCUT2D eigenvalue weighted by atomic mass is 16.4. The van der Waals surface area contributed by atoms with Gasteiger partial charge in [0.2, 0.25) is 0 Å². The molecule has 0 aliphatic rings. The second-order valence-electron chi connectivity index (χ2n) is 3.44. The van der Waals surface area contributed by atoms with Crippen LogP contribution in [0.3, 0.4) is 0 Å². The maximum atomic E-state index is 10.2. The Balaban J connectivity index is 3.86. The Labute approximate surface area is 73.9 Å². The van der Waals surface area contributed by atoms with E-state index in [4.69, 9.17) is 0 Å². The number of quaternary nitrogens is 1. The molecule has 0 saturated carbocycles. The fourth-order valence-electron chi connectivity index (χ4n) is 0.765. The number of nitrogens with zero attached hydrogens (tertiary/aromatic N) is 2. The summed E-state index contributed by atoms with van der Waals surface area (Å²) in [7, 11) is 5.98. The molecule has 0 heterocycles. The van der Waals surface area contributed by atoms with Gasteiger partial charge in [-0.3, -0.25) is 0 Å². The van der Waals surface area contributed by atoms with Crippen LogP contribution in [0.4, 0.5) is 0 Å². The second kappa shape index (κ2) is 4.42. The Morgan fingerprint density at radius 2 is 2.00 bits per heavy atom. The molecule has 0 aromatic rings. The van der Waals surface area contributed by atoms with Gasteiger partial charge in [-0.25, -0.2) is 4.59 Å². The van der Waals surface area contributed by atoms with Gasteiger partial charge in [0.05, 0.1) is 27.2 Å². The highest BCUT2D eigenvalue weighted by Gasteiger charge is 2.18. The summed E-state index contributed by atoms with van der Waals surface area (Å²) in [6, 6.07) is 0. The summed E-state index contributed by atoms with van der Waals surface area (Å²) in [5.41, 5.74) is 0. The van der Waals surface area contributed by atoms with E-state index in [1.165, 1.54) is 0 Å². The summed E-state index contributed by atoms with van der Waals surface area (Å²) in [4.78, 5) is 10.2. The molecule has 0 bridgehead atoms. The lowest BCUT2D eigenvalue weighted by atomic mass is 10.4. The van der Waals surface area contributed by atoms with Crippen LogP contribution < -0.4 is 5.11 Å². The number of carboxylic acids is 1. The lowest BCUT2D eigenvalue weighted by Gasteiger charge is -2.36. The van der Waals surface area contributed by atoms with Crippen molar-refractivity contribution in [3.63, 3.8) is 0 Å². The van der Waals surface area contributed by atoms with Crippen LogP contribution in [0.5, 0.6) is 0 Å². The van der Waals surface area contributed by atoms with Crippen LogP contribution in [0.1, 0.15) is 13.3 Å². The number of hydrogen-bond donors (Lipinski definition) is 0. The van der Waals surface area contributed by atoms with Crippen LogP contribution in [-0.2, 0) is 4.79 Å². The van der Waals surface area contributed by atoms with Crippen LogP contribution in [0, 0.1) is 0 Å². The normalized spacial score (nSPS) is 12.1. The molecule has 0 saturated heterocycles. The van der Waals surface area contributed by atoms with Gasteiger partial charge in [0.25, 0.3) is 0 Å². The molecule has 72 valence electrons. The van der Waals surface area contributed by atoms with Crippen molar-refractivity contribution in [2.75, 3.05) is 34.2 Å². The fraction of sp³-hybridized carbons (Fsp3) is 0.875. The van der Waals surface area contributed by atoms with Crippen LogP contribution >= 0.6 is 0 Å². The summed E-state index contributed by atoms with van der Waals surface area (Å²) in [6.45, 7) is 3.54. The lowest BCUT2D eigenvalue weighted by Crippen LogP contribution is -2.53. The average Bonchev–Trinajstić information content (AvgIpc) is 2.00. The lowest BCUT2D eigenvalue weighted by molar-refractivity contribution is -0.998. The van der Waals surface area contributed by atoms with Crippen LogP contribution in [0.2, 0.25) is 0 Å². The number of hydrogen-bond acceptors (Lipinski definition) is 3. The smallest absolute Gasteiger partial charge is 0.0931 e.